The third-order valence-electron chi connectivity index (χ3n) is 4.76. The monoisotopic (exact) mass is 364 g/mol. The predicted octanol–water partition coefficient (Wildman–Crippen LogP) is 3.90. The summed E-state index contributed by atoms with van der Waals surface area (Å²) < 4.78 is 0. The Labute approximate surface area is 159 Å². The molecule has 0 saturated carbocycles. The molecule has 0 fully saturated rings. The molecule has 1 unspecified atom stereocenters. The number of nitrogens with zero attached hydrogens (tertiary/aromatic N) is 2. The van der Waals surface area contributed by atoms with E-state index in [0.29, 0.717) is 0 Å². The molecule has 3 rings (SSSR count). The summed E-state index contributed by atoms with van der Waals surface area (Å²) in [4.78, 5) is 31.4. The zero-order chi connectivity index (χ0) is 19.6. The van der Waals surface area contributed by atoms with Gasteiger partial charge in [0.25, 0.3) is 5.91 Å². The topological polar surface area (TPSA) is 70.5 Å². The Balaban J connectivity index is 2.07. The first kappa shape index (κ1) is 18.8. The second kappa shape index (κ2) is 7.74. The van der Waals surface area contributed by atoms with Gasteiger partial charge in [-0.2, -0.15) is 0 Å². The van der Waals surface area contributed by atoms with Crippen molar-refractivity contribution in [1.29, 1.82) is 0 Å². The minimum atomic E-state index is -0.592. The van der Waals surface area contributed by atoms with Gasteiger partial charge in [-0.25, -0.2) is 0 Å². The highest BCUT2D eigenvalue weighted by Crippen LogP contribution is 2.40. The van der Waals surface area contributed by atoms with Crippen LogP contribution in [0, 0.1) is 12.8 Å². The third-order valence-corrected chi connectivity index (χ3v) is 4.76. The Morgan fingerprint density at radius 3 is 2.59 bits per heavy atom. The van der Waals surface area contributed by atoms with Crippen LogP contribution in [0.25, 0.3) is 0 Å². The van der Waals surface area contributed by atoms with E-state index in [0.717, 1.165) is 16.7 Å². The van der Waals surface area contributed by atoms with Gasteiger partial charge in [-0.3, -0.25) is 14.6 Å². The van der Waals surface area contributed by atoms with Gasteiger partial charge in [-0.05, 0) is 35.6 Å². The molecular formula is C22H24N2O3. The smallest absolute Gasteiger partial charge is 0.290 e. The van der Waals surface area contributed by atoms with E-state index in [1.165, 1.54) is 0 Å². The van der Waals surface area contributed by atoms with E-state index in [9.17, 15) is 14.7 Å². The maximum absolute atomic E-state index is 12.9. The standard InChI is InChI=1S/C22H24N2O3/c1-14(2)11-18(25)19-20(17-9-5-4-7-15(17)3)24(22(27)21(19)26)13-16-8-6-10-23-12-16/h4-10,12,14,20,26H,11,13H2,1-3H3. The average molecular weight is 364 g/mol. The number of ketones is 1. The van der Waals surface area contributed by atoms with E-state index in [1.807, 2.05) is 51.1 Å². The molecule has 1 aromatic heterocycles. The summed E-state index contributed by atoms with van der Waals surface area (Å²) in [6.45, 7) is 6.11. The lowest BCUT2D eigenvalue weighted by molar-refractivity contribution is -0.130. The lowest BCUT2D eigenvalue weighted by Crippen LogP contribution is -2.31. The number of hydrogen-bond acceptors (Lipinski definition) is 4. The van der Waals surface area contributed by atoms with E-state index < -0.39 is 17.7 Å². The number of carbonyl (C=O) groups is 2. The van der Waals surface area contributed by atoms with Crippen LogP contribution in [0.1, 0.15) is 43.0 Å². The maximum Gasteiger partial charge on any atom is 0.290 e. The lowest BCUT2D eigenvalue weighted by Gasteiger charge is -2.28. The Kier molecular flexibility index (Phi) is 5.40. The molecule has 2 heterocycles. The van der Waals surface area contributed by atoms with Crippen LogP contribution < -0.4 is 0 Å². The van der Waals surface area contributed by atoms with E-state index in [-0.39, 0.29) is 30.2 Å². The first-order valence-corrected chi connectivity index (χ1v) is 9.12. The molecule has 0 aliphatic carbocycles. The number of hydrogen-bond donors (Lipinski definition) is 1. The summed E-state index contributed by atoms with van der Waals surface area (Å²) in [5.41, 5.74) is 2.86. The summed E-state index contributed by atoms with van der Waals surface area (Å²) in [5.74, 6) is -0.993. The number of pyridine rings is 1. The zero-order valence-electron chi connectivity index (χ0n) is 15.8. The SMILES string of the molecule is Cc1ccccc1C1C(C(=O)CC(C)C)=C(O)C(=O)N1Cc1cccnc1. The molecule has 1 amide bonds. The van der Waals surface area contributed by atoms with Crippen LogP contribution in [0.3, 0.4) is 0 Å². The number of aliphatic hydroxyl groups is 1. The van der Waals surface area contributed by atoms with Crippen LogP contribution >= 0.6 is 0 Å². The summed E-state index contributed by atoms with van der Waals surface area (Å²) in [7, 11) is 0. The minimum Gasteiger partial charge on any atom is -0.503 e. The molecule has 0 saturated heterocycles. The molecule has 1 atom stereocenters. The van der Waals surface area contributed by atoms with Crippen LogP contribution in [0.2, 0.25) is 0 Å². The van der Waals surface area contributed by atoms with Crippen molar-refractivity contribution in [3.63, 3.8) is 0 Å². The summed E-state index contributed by atoms with van der Waals surface area (Å²) >= 11 is 0. The van der Waals surface area contributed by atoms with Crippen LogP contribution in [0.5, 0.6) is 0 Å². The normalized spacial score (nSPS) is 17.1. The predicted molar refractivity (Wildman–Crippen MR) is 103 cm³/mol. The van der Waals surface area contributed by atoms with Crippen molar-refractivity contribution in [1.82, 2.24) is 9.88 Å². The van der Waals surface area contributed by atoms with Crippen molar-refractivity contribution >= 4 is 11.7 Å². The van der Waals surface area contributed by atoms with Gasteiger partial charge in [-0.15, -0.1) is 0 Å². The second-order valence-electron chi connectivity index (χ2n) is 7.34. The van der Waals surface area contributed by atoms with E-state index in [1.54, 1.807) is 23.4 Å². The van der Waals surface area contributed by atoms with Crippen LogP contribution in [-0.4, -0.2) is 26.7 Å². The fourth-order valence-corrected chi connectivity index (χ4v) is 3.49. The van der Waals surface area contributed by atoms with Crippen molar-refractivity contribution in [2.24, 2.45) is 5.92 Å². The number of amides is 1. The van der Waals surface area contributed by atoms with Gasteiger partial charge in [-0.1, -0.05) is 44.2 Å². The first-order chi connectivity index (χ1) is 12.9. The van der Waals surface area contributed by atoms with E-state index in [4.69, 9.17) is 0 Å². The number of benzene rings is 1. The molecule has 1 N–H and O–H groups in total. The fourth-order valence-electron chi connectivity index (χ4n) is 3.49. The van der Waals surface area contributed by atoms with E-state index >= 15 is 0 Å². The fraction of sp³-hybridized carbons (Fsp3) is 0.318. The highest BCUT2D eigenvalue weighted by Gasteiger charge is 2.43. The lowest BCUT2D eigenvalue weighted by atomic mass is 9.90. The molecule has 5 heteroatoms. The second-order valence-corrected chi connectivity index (χ2v) is 7.34. The number of carbonyl (C=O) groups excluding carboxylic acids is 2. The Morgan fingerprint density at radius 1 is 1.22 bits per heavy atom. The zero-order valence-corrected chi connectivity index (χ0v) is 15.8. The maximum atomic E-state index is 12.9. The summed E-state index contributed by atoms with van der Waals surface area (Å²) in [6, 6.07) is 10.7. The van der Waals surface area contributed by atoms with E-state index in [2.05, 4.69) is 4.98 Å². The molecule has 140 valence electrons. The van der Waals surface area contributed by atoms with Gasteiger partial charge in [0.05, 0.1) is 11.6 Å². The van der Waals surface area contributed by atoms with Crippen LogP contribution in [-0.2, 0) is 16.1 Å². The number of aromatic nitrogens is 1. The Hall–Kier alpha value is -2.95. The number of aryl methyl sites for hydroxylation is 1. The molecule has 1 aromatic carbocycles. The first-order valence-electron chi connectivity index (χ1n) is 9.12. The van der Waals surface area contributed by atoms with Gasteiger partial charge >= 0.3 is 0 Å². The molecular weight excluding hydrogens is 340 g/mol. The number of rotatable bonds is 6. The number of aliphatic hydroxyl groups excluding tert-OH is 1. The van der Waals surface area contributed by atoms with Gasteiger partial charge < -0.3 is 10.0 Å². The van der Waals surface area contributed by atoms with Crippen LogP contribution in [0.15, 0.2) is 60.1 Å². The van der Waals surface area contributed by atoms with Gasteiger partial charge in [0.15, 0.2) is 11.5 Å². The van der Waals surface area contributed by atoms with Gasteiger partial charge in [0, 0.05) is 25.4 Å². The molecule has 0 bridgehead atoms. The molecule has 0 spiro atoms. The Bertz CT molecular complexity index is 887. The summed E-state index contributed by atoms with van der Waals surface area (Å²) in [6.07, 6.45) is 3.64. The highest BCUT2D eigenvalue weighted by molar-refractivity contribution is 6.09. The van der Waals surface area contributed by atoms with Crippen molar-refractivity contribution in [3.05, 3.63) is 76.8 Å². The van der Waals surface area contributed by atoms with Crippen molar-refractivity contribution in [2.45, 2.75) is 39.8 Å². The van der Waals surface area contributed by atoms with Crippen molar-refractivity contribution < 1.29 is 14.7 Å². The minimum absolute atomic E-state index is 0.137. The average Bonchev–Trinajstić information content (AvgIpc) is 2.87. The summed E-state index contributed by atoms with van der Waals surface area (Å²) in [5, 5.41) is 10.6. The number of Topliss-reactive ketones (excluding diaryl/α,β-unsaturated/α-hetero) is 1. The van der Waals surface area contributed by atoms with Gasteiger partial charge in [0.2, 0.25) is 0 Å². The molecule has 2 aromatic rings. The quantitative estimate of drug-likeness (QED) is 0.844. The van der Waals surface area contributed by atoms with Crippen LogP contribution in [0.4, 0.5) is 0 Å². The Morgan fingerprint density at radius 2 is 1.96 bits per heavy atom. The molecule has 27 heavy (non-hydrogen) atoms. The van der Waals surface area contributed by atoms with Gasteiger partial charge in [0.1, 0.15) is 0 Å². The van der Waals surface area contributed by atoms with Crippen molar-refractivity contribution in [2.75, 3.05) is 0 Å². The highest BCUT2D eigenvalue weighted by atomic mass is 16.3. The van der Waals surface area contributed by atoms with Crippen molar-refractivity contribution in [3.8, 4) is 0 Å². The molecule has 5 nitrogen and oxygen atoms in total. The largest absolute Gasteiger partial charge is 0.503 e. The third kappa shape index (κ3) is 3.77. The molecule has 0 radical (unpaired) electrons. The molecule has 1 aliphatic heterocycles. The molecule has 1 aliphatic rings.